The van der Waals surface area contributed by atoms with Crippen LogP contribution in [-0.4, -0.2) is 17.4 Å². The summed E-state index contributed by atoms with van der Waals surface area (Å²) in [6, 6.07) is 12.8. The molecule has 150 valence electrons. The van der Waals surface area contributed by atoms with E-state index >= 15 is 0 Å². The first kappa shape index (κ1) is 21.4. The van der Waals surface area contributed by atoms with Gasteiger partial charge < -0.3 is 15.4 Å². The van der Waals surface area contributed by atoms with Gasteiger partial charge >= 0.3 is 0 Å². The molecule has 0 radical (unpaired) electrons. The van der Waals surface area contributed by atoms with Gasteiger partial charge in [0.25, 0.3) is 11.6 Å². The lowest BCUT2D eigenvalue weighted by atomic mass is 10.0. The van der Waals surface area contributed by atoms with Gasteiger partial charge in [-0.05, 0) is 39.0 Å². The van der Waals surface area contributed by atoms with Crippen molar-refractivity contribution in [1.82, 2.24) is 5.32 Å². The number of rotatable bonds is 8. The minimum atomic E-state index is -0.543. The Morgan fingerprint density at radius 3 is 2.59 bits per heavy atom. The van der Waals surface area contributed by atoms with Crippen molar-refractivity contribution in [3.63, 3.8) is 0 Å². The van der Waals surface area contributed by atoms with E-state index in [1.165, 1.54) is 30.5 Å². The summed E-state index contributed by atoms with van der Waals surface area (Å²) < 4.78 is 5.62. The van der Waals surface area contributed by atoms with Crippen molar-refractivity contribution >= 4 is 17.3 Å². The van der Waals surface area contributed by atoms with Crippen LogP contribution in [-0.2, 0) is 4.79 Å². The third-order valence-corrected chi connectivity index (χ3v) is 4.11. The monoisotopic (exact) mass is 394 g/mol. The van der Waals surface area contributed by atoms with Gasteiger partial charge in [0, 0.05) is 29.6 Å². The molecule has 0 aliphatic rings. The van der Waals surface area contributed by atoms with Gasteiger partial charge in [0.2, 0.25) is 0 Å². The molecule has 1 amide bonds. The maximum atomic E-state index is 12.5. The van der Waals surface area contributed by atoms with Crippen LogP contribution >= 0.6 is 0 Å². The topological polar surface area (TPSA) is 117 Å². The van der Waals surface area contributed by atoms with Gasteiger partial charge in [0.15, 0.2) is 0 Å². The van der Waals surface area contributed by atoms with E-state index in [1.54, 1.807) is 0 Å². The van der Waals surface area contributed by atoms with Gasteiger partial charge in [-0.25, -0.2) is 0 Å². The third-order valence-electron chi connectivity index (χ3n) is 4.11. The van der Waals surface area contributed by atoms with Gasteiger partial charge in [0.1, 0.15) is 17.4 Å². The van der Waals surface area contributed by atoms with Crippen LogP contribution in [0, 0.1) is 28.4 Å². The van der Waals surface area contributed by atoms with E-state index in [0.717, 1.165) is 11.1 Å². The lowest BCUT2D eigenvalue weighted by molar-refractivity contribution is -0.384. The van der Waals surface area contributed by atoms with Crippen LogP contribution in [0.3, 0.4) is 0 Å². The van der Waals surface area contributed by atoms with Gasteiger partial charge in [0.05, 0.1) is 17.6 Å². The molecule has 1 atom stereocenters. The fraction of sp³-hybridized carbons (Fsp3) is 0.238. The Hall–Kier alpha value is -3.86. The summed E-state index contributed by atoms with van der Waals surface area (Å²) >= 11 is 0. The number of carbonyl (C=O) groups excluding carboxylic acids is 1. The van der Waals surface area contributed by atoms with E-state index < -0.39 is 10.8 Å². The fourth-order valence-corrected chi connectivity index (χ4v) is 2.63. The van der Waals surface area contributed by atoms with Crippen LogP contribution in [0.2, 0.25) is 0 Å². The normalized spacial score (nSPS) is 11.9. The Labute approximate surface area is 169 Å². The SMILES string of the molecule is CCOc1ccc(C)cc1C(C)NC(=O)/C(C#N)=C\Nc1ccc([N+](=O)[O-])cc1. The highest BCUT2D eigenvalue weighted by atomic mass is 16.6. The average Bonchev–Trinajstić information content (AvgIpc) is 2.70. The number of amides is 1. The number of ether oxygens (including phenoxy) is 1. The first-order valence-corrected chi connectivity index (χ1v) is 9.01. The number of nitrogens with zero attached hydrogens (tertiary/aromatic N) is 2. The summed E-state index contributed by atoms with van der Waals surface area (Å²) in [5, 5.41) is 25.6. The van der Waals surface area contributed by atoms with E-state index in [-0.39, 0.29) is 17.3 Å². The first-order valence-electron chi connectivity index (χ1n) is 9.01. The molecule has 0 bridgehead atoms. The average molecular weight is 394 g/mol. The van der Waals surface area contributed by atoms with Crippen LogP contribution in [0.4, 0.5) is 11.4 Å². The van der Waals surface area contributed by atoms with E-state index in [1.807, 2.05) is 45.0 Å². The molecule has 0 spiro atoms. The number of nitriles is 1. The van der Waals surface area contributed by atoms with Gasteiger partial charge in [-0.2, -0.15) is 5.26 Å². The number of benzene rings is 2. The quantitative estimate of drug-likeness (QED) is 0.302. The van der Waals surface area contributed by atoms with Crippen molar-refractivity contribution in [2.45, 2.75) is 26.8 Å². The number of hydrogen-bond donors (Lipinski definition) is 2. The molecule has 2 aromatic rings. The molecule has 2 rings (SSSR count). The molecule has 1 unspecified atom stereocenters. The third kappa shape index (κ3) is 5.81. The van der Waals surface area contributed by atoms with E-state index in [4.69, 9.17) is 4.74 Å². The number of anilines is 1. The summed E-state index contributed by atoms with van der Waals surface area (Å²) in [5.41, 5.74) is 2.19. The van der Waals surface area contributed by atoms with E-state index in [2.05, 4.69) is 10.6 Å². The van der Waals surface area contributed by atoms with Crippen molar-refractivity contribution < 1.29 is 14.5 Å². The Bertz CT molecular complexity index is 962. The number of aryl methyl sites for hydroxylation is 1. The van der Waals surface area contributed by atoms with E-state index in [9.17, 15) is 20.2 Å². The zero-order valence-electron chi connectivity index (χ0n) is 16.4. The zero-order chi connectivity index (χ0) is 21.4. The van der Waals surface area contributed by atoms with Crippen LogP contribution in [0.15, 0.2) is 54.2 Å². The Morgan fingerprint density at radius 2 is 2.00 bits per heavy atom. The number of carbonyl (C=O) groups is 1. The number of nitro benzene ring substituents is 1. The summed E-state index contributed by atoms with van der Waals surface area (Å²) in [6.45, 7) is 6.14. The van der Waals surface area contributed by atoms with Crippen molar-refractivity contribution in [3.8, 4) is 11.8 Å². The molecule has 0 saturated heterocycles. The van der Waals surface area contributed by atoms with E-state index in [0.29, 0.717) is 18.0 Å². The highest BCUT2D eigenvalue weighted by Crippen LogP contribution is 2.26. The van der Waals surface area contributed by atoms with Crippen molar-refractivity contribution in [3.05, 3.63) is 75.5 Å². The predicted octanol–water partition coefficient (Wildman–Crippen LogP) is 4.00. The van der Waals surface area contributed by atoms with Gasteiger partial charge in [-0.1, -0.05) is 17.7 Å². The summed E-state index contributed by atoms with van der Waals surface area (Å²) in [7, 11) is 0. The van der Waals surface area contributed by atoms with Crippen LogP contribution < -0.4 is 15.4 Å². The summed E-state index contributed by atoms with van der Waals surface area (Å²) in [6.07, 6.45) is 1.27. The molecular weight excluding hydrogens is 372 g/mol. The second kappa shape index (κ2) is 9.90. The first-order chi connectivity index (χ1) is 13.8. The number of hydrogen-bond acceptors (Lipinski definition) is 6. The van der Waals surface area contributed by atoms with Gasteiger partial charge in [-0.15, -0.1) is 0 Å². The molecule has 0 saturated carbocycles. The van der Waals surface area contributed by atoms with Crippen LogP contribution in [0.25, 0.3) is 0 Å². The molecule has 0 aliphatic heterocycles. The zero-order valence-corrected chi connectivity index (χ0v) is 16.4. The predicted molar refractivity (Wildman–Crippen MR) is 109 cm³/mol. The highest BCUT2D eigenvalue weighted by Gasteiger charge is 2.17. The molecule has 8 nitrogen and oxygen atoms in total. The Morgan fingerprint density at radius 1 is 1.31 bits per heavy atom. The summed E-state index contributed by atoms with van der Waals surface area (Å²) in [4.78, 5) is 22.7. The molecule has 0 heterocycles. The van der Waals surface area contributed by atoms with Crippen LogP contribution in [0.1, 0.15) is 31.0 Å². The molecule has 2 N–H and O–H groups in total. The van der Waals surface area contributed by atoms with Crippen molar-refractivity contribution in [2.75, 3.05) is 11.9 Å². The van der Waals surface area contributed by atoms with Crippen molar-refractivity contribution in [1.29, 1.82) is 5.26 Å². The molecular formula is C21H22N4O4. The number of non-ortho nitro benzene ring substituents is 1. The molecule has 2 aromatic carbocycles. The maximum Gasteiger partial charge on any atom is 0.269 e. The highest BCUT2D eigenvalue weighted by molar-refractivity contribution is 5.97. The summed E-state index contributed by atoms with van der Waals surface area (Å²) in [5.74, 6) is 0.135. The number of nitro groups is 1. The smallest absolute Gasteiger partial charge is 0.269 e. The van der Waals surface area contributed by atoms with Crippen molar-refractivity contribution in [2.24, 2.45) is 0 Å². The number of nitrogens with one attached hydrogen (secondary N) is 2. The molecule has 0 aromatic heterocycles. The lowest BCUT2D eigenvalue weighted by Crippen LogP contribution is -2.28. The van der Waals surface area contributed by atoms with Crippen LogP contribution in [0.5, 0.6) is 5.75 Å². The maximum absolute atomic E-state index is 12.5. The fourth-order valence-electron chi connectivity index (χ4n) is 2.63. The Balaban J connectivity index is 2.11. The lowest BCUT2D eigenvalue weighted by Gasteiger charge is -2.18. The minimum absolute atomic E-state index is 0.0464. The second-order valence-corrected chi connectivity index (χ2v) is 6.29. The van der Waals surface area contributed by atoms with Gasteiger partial charge in [-0.3, -0.25) is 14.9 Å². The molecule has 0 fully saturated rings. The Kier molecular flexibility index (Phi) is 7.32. The minimum Gasteiger partial charge on any atom is -0.494 e. The largest absolute Gasteiger partial charge is 0.494 e. The molecule has 0 aliphatic carbocycles. The second-order valence-electron chi connectivity index (χ2n) is 6.29. The standard InChI is InChI=1S/C21H22N4O4/c1-4-29-20-10-5-14(2)11-19(20)15(3)24-21(26)16(12-22)13-23-17-6-8-18(9-7-17)25(27)28/h5-11,13,15,23H,4H2,1-3H3,(H,24,26)/b16-13-. The molecule has 29 heavy (non-hydrogen) atoms. The molecule has 8 heteroatoms.